The number of anilines is 2. The molecule has 1 heterocycles. The standard InChI is InChI=1S/C16H22N4/c1-5-13-8-6-7-9-14(13)10-18-16-11(2)15(17-4)19-12(3)20-16/h6-9H,5,10H2,1-4H3,(H2,17,18,19,20). The van der Waals surface area contributed by atoms with E-state index in [0.717, 1.165) is 36.0 Å². The summed E-state index contributed by atoms with van der Waals surface area (Å²) in [4.78, 5) is 8.87. The molecule has 0 radical (unpaired) electrons. The van der Waals surface area contributed by atoms with Gasteiger partial charge in [-0.2, -0.15) is 0 Å². The normalized spacial score (nSPS) is 10.4. The van der Waals surface area contributed by atoms with Gasteiger partial charge in [0.15, 0.2) is 0 Å². The number of benzene rings is 1. The first kappa shape index (κ1) is 14.3. The predicted octanol–water partition coefficient (Wildman–Crippen LogP) is 3.31. The molecule has 4 nitrogen and oxygen atoms in total. The summed E-state index contributed by atoms with van der Waals surface area (Å²) in [7, 11) is 1.88. The summed E-state index contributed by atoms with van der Waals surface area (Å²) in [6.45, 7) is 6.90. The van der Waals surface area contributed by atoms with Crippen LogP contribution in [0.2, 0.25) is 0 Å². The van der Waals surface area contributed by atoms with Crippen LogP contribution in [0.3, 0.4) is 0 Å². The maximum absolute atomic E-state index is 4.49. The lowest BCUT2D eigenvalue weighted by Crippen LogP contribution is -2.09. The van der Waals surface area contributed by atoms with Crippen LogP contribution in [0.5, 0.6) is 0 Å². The first-order valence-electron chi connectivity index (χ1n) is 6.99. The molecule has 0 aliphatic carbocycles. The van der Waals surface area contributed by atoms with Crippen LogP contribution in [-0.2, 0) is 13.0 Å². The van der Waals surface area contributed by atoms with Crippen molar-refractivity contribution in [3.8, 4) is 0 Å². The summed E-state index contributed by atoms with van der Waals surface area (Å²) >= 11 is 0. The Labute approximate surface area is 120 Å². The summed E-state index contributed by atoms with van der Waals surface area (Å²) in [6, 6.07) is 8.50. The molecule has 106 valence electrons. The Hall–Kier alpha value is -2.10. The van der Waals surface area contributed by atoms with Gasteiger partial charge in [0.1, 0.15) is 17.5 Å². The van der Waals surface area contributed by atoms with Crippen molar-refractivity contribution < 1.29 is 0 Å². The molecule has 1 aromatic carbocycles. The zero-order valence-electron chi connectivity index (χ0n) is 12.6. The summed E-state index contributed by atoms with van der Waals surface area (Å²) in [5.74, 6) is 2.54. The molecule has 20 heavy (non-hydrogen) atoms. The number of aromatic nitrogens is 2. The van der Waals surface area contributed by atoms with Gasteiger partial charge in [0.05, 0.1) is 0 Å². The number of rotatable bonds is 5. The van der Waals surface area contributed by atoms with Crippen molar-refractivity contribution in [1.82, 2.24) is 9.97 Å². The van der Waals surface area contributed by atoms with Crippen molar-refractivity contribution in [3.05, 3.63) is 46.8 Å². The maximum atomic E-state index is 4.49. The van der Waals surface area contributed by atoms with Gasteiger partial charge in [-0.15, -0.1) is 0 Å². The van der Waals surface area contributed by atoms with Crippen LogP contribution in [0.15, 0.2) is 24.3 Å². The van der Waals surface area contributed by atoms with Gasteiger partial charge in [-0.25, -0.2) is 9.97 Å². The van der Waals surface area contributed by atoms with Crippen LogP contribution < -0.4 is 10.6 Å². The maximum Gasteiger partial charge on any atom is 0.135 e. The summed E-state index contributed by atoms with van der Waals surface area (Å²) in [5, 5.41) is 6.53. The third-order valence-corrected chi connectivity index (χ3v) is 3.44. The molecule has 0 amide bonds. The molecule has 2 N–H and O–H groups in total. The van der Waals surface area contributed by atoms with E-state index in [2.05, 4.69) is 51.8 Å². The van der Waals surface area contributed by atoms with Crippen molar-refractivity contribution in [2.75, 3.05) is 17.7 Å². The van der Waals surface area contributed by atoms with E-state index in [0.29, 0.717) is 0 Å². The van der Waals surface area contributed by atoms with Gasteiger partial charge in [-0.3, -0.25) is 0 Å². The Bertz CT molecular complexity index is 593. The summed E-state index contributed by atoms with van der Waals surface area (Å²) < 4.78 is 0. The second-order valence-electron chi connectivity index (χ2n) is 4.82. The molecular weight excluding hydrogens is 248 g/mol. The van der Waals surface area contributed by atoms with Crippen LogP contribution in [0.25, 0.3) is 0 Å². The second-order valence-corrected chi connectivity index (χ2v) is 4.82. The monoisotopic (exact) mass is 270 g/mol. The lowest BCUT2D eigenvalue weighted by molar-refractivity contribution is 0.988. The van der Waals surface area contributed by atoms with E-state index in [1.54, 1.807) is 0 Å². The van der Waals surface area contributed by atoms with E-state index < -0.39 is 0 Å². The van der Waals surface area contributed by atoms with Crippen LogP contribution >= 0.6 is 0 Å². The molecule has 0 fully saturated rings. The Morgan fingerprint density at radius 1 is 1.00 bits per heavy atom. The molecule has 2 rings (SSSR count). The second kappa shape index (κ2) is 6.37. The molecular formula is C16H22N4. The van der Waals surface area contributed by atoms with E-state index in [9.17, 15) is 0 Å². The topological polar surface area (TPSA) is 49.8 Å². The SMILES string of the molecule is CCc1ccccc1CNc1nc(C)nc(NC)c1C. The highest BCUT2D eigenvalue weighted by Gasteiger charge is 2.08. The van der Waals surface area contributed by atoms with E-state index in [4.69, 9.17) is 0 Å². The van der Waals surface area contributed by atoms with Crippen molar-refractivity contribution in [3.63, 3.8) is 0 Å². The molecule has 0 saturated heterocycles. The number of hydrogen-bond acceptors (Lipinski definition) is 4. The Balaban J connectivity index is 2.21. The molecule has 0 bridgehead atoms. The average molecular weight is 270 g/mol. The molecule has 2 aromatic rings. The van der Waals surface area contributed by atoms with Crippen LogP contribution in [0, 0.1) is 13.8 Å². The third kappa shape index (κ3) is 3.07. The molecule has 0 aliphatic heterocycles. The van der Waals surface area contributed by atoms with Gasteiger partial charge >= 0.3 is 0 Å². The summed E-state index contributed by atoms with van der Waals surface area (Å²) in [5.41, 5.74) is 3.74. The fourth-order valence-electron chi connectivity index (χ4n) is 2.30. The van der Waals surface area contributed by atoms with Crippen molar-refractivity contribution in [2.45, 2.75) is 33.7 Å². The minimum Gasteiger partial charge on any atom is -0.373 e. The fraction of sp³-hybridized carbons (Fsp3) is 0.375. The Morgan fingerprint density at radius 2 is 1.65 bits per heavy atom. The molecule has 0 unspecified atom stereocenters. The van der Waals surface area contributed by atoms with Gasteiger partial charge < -0.3 is 10.6 Å². The molecule has 0 atom stereocenters. The number of nitrogens with zero attached hydrogens (tertiary/aromatic N) is 2. The molecule has 0 spiro atoms. The zero-order chi connectivity index (χ0) is 14.5. The van der Waals surface area contributed by atoms with Gasteiger partial charge in [-0.1, -0.05) is 31.2 Å². The largest absolute Gasteiger partial charge is 0.373 e. The summed E-state index contributed by atoms with van der Waals surface area (Å²) in [6.07, 6.45) is 1.04. The minimum absolute atomic E-state index is 0.770. The van der Waals surface area contributed by atoms with E-state index in [-0.39, 0.29) is 0 Å². The van der Waals surface area contributed by atoms with Crippen molar-refractivity contribution in [1.29, 1.82) is 0 Å². The highest BCUT2D eigenvalue weighted by atomic mass is 15.1. The van der Waals surface area contributed by atoms with Gasteiger partial charge in [0.2, 0.25) is 0 Å². The number of nitrogens with one attached hydrogen (secondary N) is 2. The van der Waals surface area contributed by atoms with Gasteiger partial charge in [-0.05, 0) is 31.4 Å². The molecule has 1 aromatic heterocycles. The van der Waals surface area contributed by atoms with Crippen molar-refractivity contribution >= 4 is 11.6 Å². The first-order valence-corrected chi connectivity index (χ1v) is 6.99. The Morgan fingerprint density at radius 3 is 2.30 bits per heavy atom. The van der Waals surface area contributed by atoms with Crippen LogP contribution in [-0.4, -0.2) is 17.0 Å². The Kier molecular flexibility index (Phi) is 4.56. The highest BCUT2D eigenvalue weighted by molar-refractivity contribution is 5.57. The fourth-order valence-corrected chi connectivity index (χ4v) is 2.30. The first-order chi connectivity index (χ1) is 9.65. The lowest BCUT2D eigenvalue weighted by atomic mass is 10.1. The smallest absolute Gasteiger partial charge is 0.135 e. The van der Waals surface area contributed by atoms with Crippen LogP contribution in [0.4, 0.5) is 11.6 Å². The quantitative estimate of drug-likeness (QED) is 0.875. The highest BCUT2D eigenvalue weighted by Crippen LogP contribution is 2.20. The minimum atomic E-state index is 0.770. The van der Waals surface area contributed by atoms with Gasteiger partial charge in [0.25, 0.3) is 0 Å². The van der Waals surface area contributed by atoms with E-state index in [1.807, 2.05) is 20.9 Å². The average Bonchev–Trinajstić information content (AvgIpc) is 2.48. The third-order valence-electron chi connectivity index (χ3n) is 3.44. The lowest BCUT2D eigenvalue weighted by Gasteiger charge is -2.14. The molecule has 0 aliphatic rings. The van der Waals surface area contributed by atoms with Gasteiger partial charge in [0, 0.05) is 19.2 Å². The van der Waals surface area contributed by atoms with Crippen LogP contribution in [0.1, 0.15) is 29.4 Å². The zero-order valence-corrected chi connectivity index (χ0v) is 12.6. The number of hydrogen-bond donors (Lipinski definition) is 2. The van der Waals surface area contributed by atoms with E-state index in [1.165, 1.54) is 11.1 Å². The van der Waals surface area contributed by atoms with Crippen molar-refractivity contribution in [2.24, 2.45) is 0 Å². The molecule has 0 saturated carbocycles. The number of aryl methyl sites for hydroxylation is 2. The van der Waals surface area contributed by atoms with E-state index >= 15 is 0 Å². The predicted molar refractivity (Wildman–Crippen MR) is 84.2 cm³/mol. The molecule has 4 heteroatoms.